The number of rotatable bonds is 6. The second kappa shape index (κ2) is 6.87. The van der Waals surface area contributed by atoms with Crippen molar-refractivity contribution in [2.75, 3.05) is 10.6 Å². The second-order valence-corrected chi connectivity index (χ2v) is 6.29. The maximum atomic E-state index is 12.0. The molecule has 1 aliphatic rings. The van der Waals surface area contributed by atoms with E-state index < -0.39 is 0 Å². The highest BCUT2D eigenvalue weighted by molar-refractivity contribution is 7.09. The molecule has 116 valence electrons. The zero-order valence-corrected chi connectivity index (χ0v) is 13.4. The zero-order chi connectivity index (χ0) is 15.4. The summed E-state index contributed by atoms with van der Waals surface area (Å²) < 4.78 is 4.25. The molecule has 1 saturated carbocycles. The van der Waals surface area contributed by atoms with E-state index in [4.69, 9.17) is 0 Å². The number of aromatic nitrogens is 2. The third-order valence-corrected chi connectivity index (χ3v) is 4.61. The number of anilines is 2. The van der Waals surface area contributed by atoms with Gasteiger partial charge in [-0.05, 0) is 30.5 Å². The number of carbonyl (C=O) groups excluding carboxylic acids is 1. The Labute approximate surface area is 134 Å². The summed E-state index contributed by atoms with van der Waals surface area (Å²) in [5.41, 5.74) is 1.97. The molecule has 6 heteroatoms. The number of aryl methyl sites for hydroxylation is 1. The van der Waals surface area contributed by atoms with E-state index in [9.17, 15) is 4.79 Å². The lowest BCUT2D eigenvalue weighted by Gasteiger charge is -2.24. The van der Waals surface area contributed by atoms with Gasteiger partial charge in [0.2, 0.25) is 11.0 Å². The molecule has 0 radical (unpaired) electrons. The van der Waals surface area contributed by atoms with Gasteiger partial charge in [0, 0.05) is 36.1 Å². The Morgan fingerprint density at radius 3 is 2.95 bits per heavy atom. The lowest BCUT2D eigenvalue weighted by molar-refractivity contribution is -0.122. The van der Waals surface area contributed by atoms with Crippen LogP contribution in [0.4, 0.5) is 10.8 Å². The summed E-state index contributed by atoms with van der Waals surface area (Å²) in [7, 11) is 0. The van der Waals surface area contributed by atoms with Crippen molar-refractivity contribution in [3.8, 4) is 0 Å². The Balaban J connectivity index is 1.57. The van der Waals surface area contributed by atoms with Crippen LogP contribution < -0.4 is 10.6 Å². The minimum atomic E-state index is 0.146. The fraction of sp³-hybridized carbons (Fsp3) is 0.438. The molecule has 0 aliphatic heterocycles. The van der Waals surface area contributed by atoms with Crippen molar-refractivity contribution < 1.29 is 4.79 Å². The van der Waals surface area contributed by atoms with Crippen LogP contribution in [0.5, 0.6) is 0 Å². The molecule has 1 aromatic carbocycles. The summed E-state index contributed by atoms with van der Waals surface area (Å²) in [6.45, 7) is 2.71. The minimum absolute atomic E-state index is 0.146. The smallest absolute Gasteiger partial charge is 0.227 e. The Kier molecular flexibility index (Phi) is 4.68. The van der Waals surface area contributed by atoms with Crippen molar-refractivity contribution in [1.82, 2.24) is 9.36 Å². The van der Waals surface area contributed by atoms with E-state index in [2.05, 4.69) is 20.0 Å². The molecule has 5 nitrogen and oxygen atoms in total. The monoisotopic (exact) mass is 316 g/mol. The molecular weight excluding hydrogens is 296 g/mol. The molecule has 0 atom stereocenters. The summed E-state index contributed by atoms with van der Waals surface area (Å²) in [6, 6.07) is 7.93. The minimum Gasteiger partial charge on any atom is -0.356 e. The third-order valence-electron chi connectivity index (χ3n) is 3.90. The maximum absolute atomic E-state index is 12.0. The second-order valence-electron chi connectivity index (χ2n) is 5.54. The summed E-state index contributed by atoms with van der Waals surface area (Å²) in [4.78, 5) is 16.4. The number of carbonyl (C=O) groups is 1. The Bertz CT molecular complexity index is 651. The average Bonchev–Trinajstić information content (AvgIpc) is 2.91. The number of benzene rings is 1. The van der Waals surface area contributed by atoms with Gasteiger partial charge < -0.3 is 10.6 Å². The van der Waals surface area contributed by atoms with Crippen molar-refractivity contribution in [1.29, 1.82) is 0 Å². The molecule has 22 heavy (non-hydrogen) atoms. The van der Waals surface area contributed by atoms with Crippen LogP contribution in [0.25, 0.3) is 0 Å². The quantitative estimate of drug-likeness (QED) is 0.856. The summed E-state index contributed by atoms with van der Waals surface area (Å²) in [5.74, 6) is 1.22. The first-order valence-corrected chi connectivity index (χ1v) is 8.48. The van der Waals surface area contributed by atoms with Crippen LogP contribution in [0.2, 0.25) is 0 Å². The molecule has 1 aliphatic carbocycles. The van der Waals surface area contributed by atoms with Gasteiger partial charge in [-0.2, -0.15) is 4.37 Å². The van der Waals surface area contributed by atoms with Crippen molar-refractivity contribution in [3.05, 3.63) is 35.7 Å². The van der Waals surface area contributed by atoms with E-state index in [0.29, 0.717) is 6.54 Å². The number of hydrogen-bond donors (Lipinski definition) is 2. The predicted octanol–water partition coefficient (Wildman–Crippen LogP) is 3.45. The Morgan fingerprint density at radius 2 is 2.27 bits per heavy atom. The lowest BCUT2D eigenvalue weighted by atomic mass is 9.85. The van der Waals surface area contributed by atoms with Crippen LogP contribution in [-0.4, -0.2) is 15.3 Å². The van der Waals surface area contributed by atoms with Crippen LogP contribution in [0, 0.1) is 5.92 Å². The molecule has 0 spiro atoms. The van der Waals surface area contributed by atoms with Crippen molar-refractivity contribution >= 4 is 28.3 Å². The molecule has 0 saturated heterocycles. The van der Waals surface area contributed by atoms with Crippen LogP contribution in [0.1, 0.15) is 37.6 Å². The third kappa shape index (κ3) is 3.62. The van der Waals surface area contributed by atoms with Gasteiger partial charge in [0.15, 0.2) is 0 Å². The number of amides is 1. The van der Waals surface area contributed by atoms with Crippen LogP contribution in [-0.2, 0) is 17.8 Å². The van der Waals surface area contributed by atoms with Gasteiger partial charge in [0.05, 0.1) is 0 Å². The molecule has 1 fully saturated rings. The van der Waals surface area contributed by atoms with Crippen LogP contribution in [0.15, 0.2) is 24.3 Å². The van der Waals surface area contributed by atoms with Crippen molar-refractivity contribution in [2.24, 2.45) is 5.92 Å². The lowest BCUT2D eigenvalue weighted by Crippen LogP contribution is -2.28. The van der Waals surface area contributed by atoms with Gasteiger partial charge in [-0.1, -0.05) is 25.5 Å². The van der Waals surface area contributed by atoms with E-state index in [1.165, 1.54) is 18.0 Å². The van der Waals surface area contributed by atoms with Crippen LogP contribution in [0.3, 0.4) is 0 Å². The molecule has 3 rings (SSSR count). The van der Waals surface area contributed by atoms with E-state index in [0.717, 1.165) is 41.5 Å². The largest absolute Gasteiger partial charge is 0.356 e. The van der Waals surface area contributed by atoms with E-state index in [1.54, 1.807) is 0 Å². The standard InChI is InChI=1S/C16H20N4OS/c1-2-14-19-16(22-20-14)17-10-11-5-3-8-13(9-11)18-15(21)12-6-4-7-12/h3,5,8-9,12H,2,4,6-7,10H2,1H3,(H,18,21)(H,17,19,20). The van der Waals surface area contributed by atoms with Crippen molar-refractivity contribution in [3.63, 3.8) is 0 Å². The first kappa shape index (κ1) is 15.0. The number of hydrogen-bond acceptors (Lipinski definition) is 5. The first-order chi connectivity index (χ1) is 10.7. The highest BCUT2D eigenvalue weighted by Crippen LogP contribution is 2.27. The maximum Gasteiger partial charge on any atom is 0.227 e. The average molecular weight is 316 g/mol. The first-order valence-electron chi connectivity index (χ1n) is 7.71. The Morgan fingerprint density at radius 1 is 1.41 bits per heavy atom. The number of nitrogens with one attached hydrogen (secondary N) is 2. The SMILES string of the molecule is CCc1nsc(NCc2cccc(NC(=O)C3CCC3)c2)n1. The highest BCUT2D eigenvalue weighted by atomic mass is 32.1. The van der Waals surface area contributed by atoms with Crippen molar-refractivity contribution in [2.45, 2.75) is 39.2 Å². The van der Waals surface area contributed by atoms with Gasteiger partial charge in [0.1, 0.15) is 5.82 Å². The van der Waals surface area contributed by atoms with E-state index in [1.807, 2.05) is 31.2 Å². The van der Waals surface area contributed by atoms with E-state index >= 15 is 0 Å². The number of nitrogens with zero attached hydrogens (tertiary/aromatic N) is 2. The molecule has 2 N–H and O–H groups in total. The van der Waals surface area contributed by atoms with Gasteiger partial charge in [-0.15, -0.1) is 0 Å². The molecule has 1 aromatic heterocycles. The predicted molar refractivity (Wildman–Crippen MR) is 89.0 cm³/mol. The molecule has 1 heterocycles. The van der Waals surface area contributed by atoms with Gasteiger partial charge >= 0.3 is 0 Å². The summed E-state index contributed by atoms with van der Waals surface area (Å²) in [5, 5.41) is 7.11. The van der Waals surface area contributed by atoms with Gasteiger partial charge in [-0.3, -0.25) is 4.79 Å². The highest BCUT2D eigenvalue weighted by Gasteiger charge is 2.25. The molecular formula is C16H20N4OS. The van der Waals surface area contributed by atoms with Gasteiger partial charge in [-0.25, -0.2) is 4.98 Å². The molecule has 1 amide bonds. The molecule has 0 unspecified atom stereocenters. The molecule has 2 aromatic rings. The fourth-order valence-electron chi connectivity index (χ4n) is 2.32. The fourth-order valence-corrected chi connectivity index (χ4v) is 2.97. The zero-order valence-electron chi connectivity index (χ0n) is 12.6. The summed E-state index contributed by atoms with van der Waals surface area (Å²) in [6.07, 6.45) is 4.05. The Hall–Kier alpha value is -1.95. The van der Waals surface area contributed by atoms with Crippen LogP contribution >= 0.6 is 11.5 Å². The van der Waals surface area contributed by atoms with E-state index in [-0.39, 0.29) is 11.8 Å². The topological polar surface area (TPSA) is 66.9 Å². The normalized spacial score (nSPS) is 14.4. The van der Waals surface area contributed by atoms with Gasteiger partial charge in [0.25, 0.3) is 0 Å². The summed E-state index contributed by atoms with van der Waals surface area (Å²) >= 11 is 1.38. The molecule has 0 bridgehead atoms.